The molecule has 194 valence electrons. The van der Waals surface area contributed by atoms with Crippen LogP contribution >= 0.6 is 0 Å². The normalized spacial score (nSPS) is 17.2. The molecule has 36 heavy (non-hydrogen) atoms. The highest BCUT2D eigenvalue weighted by molar-refractivity contribution is 5.63. The zero-order chi connectivity index (χ0) is 26.1. The van der Waals surface area contributed by atoms with Gasteiger partial charge in [-0.3, -0.25) is 0 Å². The fourth-order valence-corrected chi connectivity index (χ4v) is 4.84. The predicted molar refractivity (Wildman–Crippen MR) is 128 cm³/mol. The Bertz CT molecular complexity index is 1200. The summed E-state index contributed by atoms with van der Waals surface area (Å²) in [4.78, 5) is 8.36. The van der Waals surface area contributed by atoms with E-state index in [-0.39, 0.29) is 40.3 Å². The number of piperidine rings is 1. The minimum Gasteiger partial charge on any atom is -0.433 e. The first-order valence-electron chi connectivity index (χ1n) is 11.7. The van der Waals surface area contributed by atoms with Crippen LogP contribution in [0.2, 0.25) is 0 Å². The van der Waals surface area contributed by atoms with Crippen LogP contribution in [0.3, 0.4) is 0 Å². The molecule has 1 aliphatic heterocycles. The highest BCUT2D eigenvalue weighted by Crippen LogP contribution is 2.32. The van der Waals surface area contributed by atoms with Gasteiger partial charge in [0, 0.05) is 29.2 Å². The molecule has 13 heteroatoms. The second-order valence-corrected chi connectivity index (χ2v) is 10.1. The van der Waals surface area contributed by atoms with Crippen LogP contribution in [0.5, 0.6) is 5.75 Å². The molecule has 10 nitrogen and oxygen atoms in total. The molecule has 1 aromatic carbocycles. The number of aromatic nitrogens is 6. The van der Waals surface area contributed by atoms with E-state index < -0.39 is 12.4 Å². The number of nitrogens with one attached hydrogen (secondary N) is 3. The summed E-state index contributed by atoms with van der Waals surface area (Å²) >= 11 is 0. The van der Waals surface area contributed by atoms with E-state index in [0.717, 1.165) is 19.0 Å². The Kier molecular flexibility index (Phi) is 7.03. The van der Waals surface area contributed by atoms with Crippen LogP contribution in [0.15, 0.2) is 24.4 Å². The number of tetrazole rings is 1. The third kappa shape index (κ3) is 6.01. The highest BCUT2D eigenvalue weighted by atomic mass is 19.3. The van der Waals surface area contributed by atoms with Gasteiger partial charge in [0.25, 0.3) is 0 Å². The van der Waals surface area contributed by atoms with E-state index in [9.17, 15) is 13.2 Å². The van der Waals surface area contributed by atoms with Gasteiger partial charge in [-0.25, -0.2) is 9.37 Å². The van der Waals surface area contributed by atoms with Crippen molar-refractivity contribution in [1.29, 1.82) is 0 Å². The topological polar surface area (TPSA) is 115 Å². The van der Waals surface area contributed by atoms with Crippen LogP contribution in [0.25, 0.3) is 5.69 Å². The monoisotopic (exact) mass is 505 g/mol. The summed E-state index contributed by atoms with van der Waals surface area (Å²) in [5.41, 5.74) is 0.402. The second kappa shape index (κ2) is 9.88. The molecule has 0 radical (unpaired) electrons. The summed E-state index contributed by atoms with van der Waals surface area (Å²) in [6, 6.07) is 4.42. The van der Waals surface area contributed by atoms with Gasteiger partial charge in [0.1, 0.15) is 5.69 Å². The maximum Gasteiger partial charge on any atom is 0.387 e. The molecule has 3 N–H and O–H groups in total. The van der Waals surface area contributed by atoms with Gasteiger partial charge in [0.2, 0.25) is 5.95 Å². The molecule has 1 fully saturated rings. The molecule has 0 aliphatic carbocycles. The fourth-order valence-electron chi connectivity index (χ4n) is 4.84. The third-order valence-corrected chi connectivity index (χ3v) is 5.78. The average molecular weight is 506 g/mol. The average Bonchev–Trinajstić information content (AvgIpc) is 3.23. The van der Waals surface area contributed by atoms with Crippen molar-refractivity contribution in [3.8, 4) is 11.4 Å². The van der Waals surface area contributed by atoms with Gasteiger partial charge in [-0.15, -0.1) is 5.10 Å². The van der Waals surface area contributed by atoms with Crippen molar-refractivity contribution in [3.63, 3.8) is 0 Å². The standard InChI is InChI=1S/C23H30F3N9O/c1-6-18-31-33-34-35(18)16-9-13(7-8-17(16)36-20(25)26)29-21-27-12-15(24)19(30-21)28-14-10-22(2,3)32-23(4,5)11-14/h7-9,12,14,20,32H,6,10-11H2,1-5H3,(H2,27,28,29,30). The molecule has 0 unspecified atom stereocenters. The van der Waals surface area contributed by atoms with E-state index in [4.69, 9.17) is 0 Å². The van der Waals surface area contributed by atoms with E-state index in [1.165, 1.54) is 22.9 Å². The Balaban J connectivity index is 1.59. The van der Waals surface area contributed by atoms with E-state index in [1.807, 2.05) is 6.92 Å². The van der Waals surface area contributed by atoms with Crippen LogP contribution in [0.4, 0.5) is 30.6 Å². The lowest BCUT2D eigenvalue weighted by atomic mass is 9.79. The Morgan fingerprint density at radius 3 is 2.58 bits per heavy atom. The van der Waals surface area contributed by atoms with E-state index >= 15 is 0 Å². The molecule has 0 amide bonds. The van der Waals surface area contributed by atoms with E-state index in [0.29, 0.717) is 17.9 Å². The summed E-state index contributed by atoms with van der Waals surface area (Å²) in [6.45, 7) is 7.25. The summed E-state index contributed by atoms with van der Waals surface area (Å²) in [5.74, 6) is 0.00176. The first-order chi connectivity index (χ1) is 16.9. The maximum atomic E-state index is 14.6. The minimum absolute atomic E-state index is 0.00170. The van der Waals surface area contributed by atoms with Gasteiger partial charge in [0.15, 0.2) is 23.2 Å². The molecular weight excluding hydrogens is 475 g/mol. The first kappa shape index (κ1) is 25.6. The number of rotatable bonds is 8. The van der Waals surface area contributed by atoms with E-state index in [1.54, 1.807) is 0 Å². The number of hydrogen-bond acceptors (Lipinski definition) is 9. The lowest BCUT2D eigenvalue weighted by Crippen LogP contribution is -2.60. The summed E-state index contributed by atoms with van der Waals surface area (Å²) < 4.78 is 46.5. The number of anilines is 3. The maximum absolute atomic E-state index is 14.6. The van der Waals surface area contributed by atoms with Gasteiger partial charge in [-0.1, -0.05) is 6.92 Å². The zero-order valence-corrected chi connectivity index (χ0v) is 20.8. The summed E-state index contributed by atoms with van der Waals surface area (Å²) in [5, 5.41) is 21.2. The number of halogens is 3. The van der Waals surface area contributed by atoms with Crippen molar-refractivity contribution < 1.29 is 17.9 Å². The lowest BCUT2D eigenvalue weighted by Gasteiger charge is -2.46. The van der Waals surface area contributed by atoms with Crippen molar-refractivity contribution in [2.75, 3.05) is 10.6 Å². The van der Waals surface area contributed by atoms with Crippen molar-refractivity contribution in [2.45, 2.75) is 77.6 Å². The number of alkyl halides is 2. The van der Waals surface area contributed by atoms with Gasteiger partial charge >= 0.3 is 6.61 Å². The predicted octanol–water partition coefficient (Wildman–Crippen LogP) is 4.22. The fraction of sp³-hybridized carbons (Fsp3) is 0.522. The van der Waals surface area contributed by atoms with Crippen LogP contribution in [-0.4, -0.2) is 53.9 Å². The zero-order valence-electron chi connectivity index (χ0n) is 20.8. The van der Waals surface area contributed by atoms with Crippen molar-refractivity contribution in [3.05, 3.63) is 36.0 Å². The Labute approximate surface area is 207 Å². The summed E-state index contributed by atoms with van der Waals surface area (Å²) in [7, 11) is 0. The molecular formula is C23H30F3N9O. The van der Waals surface area contributed by atoms with Gasteiger partial charge in [0.05, 0.1) is 6.20 Å². The van der Waals surface area contributed by atoms with Crippen LogP contribution in [0, 0.1) is 5.82 Å². The molecule has 2 aromatic heterocycles. The van der Waals surface area contributed by atoms with Crippen LogP contribution in [0.1, 0.15) is 53.3 Å². The molecule has 0 bridgehead atoms. The van der Waals surface area contributed by atoms with Gasteiger partial charge < -0.3 is 20.7 Å². The van der Waals surface area contributed by atoms with E-state index in [2.05, 4.69) is 73.9 Å². The number of aryl methyl sites for hydroxylation is 1. The smallest absolute Gasteiger partial charge is 0.387 e. The molecule has 4 rings (SSSR count). The second-order valence-electron chi connectivity index (χ2n) is 10.1. The number of benzene rings is 1. The molecule has 0 spiro atoms. The Morgan fingerprint density at radius 1 is 1.19 bits per heavy atom. The molecule has 3 aromatic rings. The Hall–Kier alpha value is -3.48. The molecule has 0 saturated carbocycles. The van der Waals surface area contributed by atoms with Crippen molar-refractivity contribution in [2.24, 2.45) is 0 Å². The Morgan fingerprint density at radius 2 is 1.92 bits per heavy atom. The number of hydrogen-bond donors (Lipinski definition) is 3. The van der Waals surface area contributed by atoms with Crippen molar-refractivity contribution in [1.82, 2.24) is 35.5 Å². The number of nitrogens with zero attached hydrogens (tertiary/aromatic N) is 6. The van der Waals surface area contributed by atoms with Crippen LogP contribution < -0.4 is 20.7 Å². The quantitative estimate of drug-likeness (QED) is 0.414. The molecule has 1 aliphatic rings. The number of ether oxygens (including phenoxy) is 1. The van der Waals surface area contributed by atoms with Crippen LogP contribution in [-0.2, 0) is 6.42 Å². The van der Waals surface area contributed by atoms with Crippen molar-refractivity contribution >= 4 is 17.5 Å². The summed E-state index contributed by atoms with van der Waals surface area (Å²) in [6.07, 6.45) is 3.12. The third-order valence-electron chi connectivity index (χ3n) is 5.78. The SMILES string of the molecule is CCc1nnnn1-c1cc(Nc2ncc(F)c(NC3CC(C)(C)NC(C)(C)C3)n2)ccc1OC(F)F. The molecule has 0 atom stereocenters. The first-order valence-corrected chi connectivity index (χ1v) is 11.7. The van der Waals surface area contributed by atoms with Gasteiger partial charge in [-0.2, -0.15) is 18.4 Å². The van der Waals surface area contributed by atoms with Gasteiger partial charge in [-0.05, 0) is 69.2 Å². The minimum atomic E-state index is -3.02. The molecule has 1 saturated heterocycles. The largest absolute Gasteiger partial charge is 0.433 e. The lowest BCUT2D eigenvalue weighted by molar-refractivity contribution is -0.0499. The molecule has 3 heterocycles. The highest BCUT2D eigenvalue weighted by Gasteiger charge is 2.38.